The van der Waals surface area contributed by atoms with Crippen LogP contribution >= 0.6 is 0 Å². The first-order valence-electron chi connectivity index (χ1n) is 8.28. The van der Waals surface area contributed by atoms with Gasteiger partial charge in [-0.2, -0.15) is 9.52 Å². The van der Waals surface area contributed by atoms with Crippen molar-refractivity contribution in [2.75, 3.05) is 6.26 Å². The molecule has 0 unspecified atom stereocenters. The Kier molecular flexibility index (Phi) is 3.96. The number of fused-ring (bicyclic) bond motifs is 1. The fraction of sp³-hybridized carbons (Fsp3) is 0.211. The van der Waals surface area contributed by atoms with Crippen molar-refractivity contribution < 1.29 is 8.42 Å². The SMILES string of the molecule is Cc1ccccc1C1=NN(S(C)(=O)=O)[C@H](c2cnc3ccccc3n2)C1. The minimum absolute atomic E-state index is 0.463. The maximum Gasteiger partial charge on any atom is 0.247 e. The summed E-state index contributed by atoms with van der Waals surface area (Å²) >= 11 is 0. The van der Waals surface area contributed by atoms with Gasteiger partial charge in [0.15, 0.2) is 0 Å². The third kappa shape index (κ3) is 2.94. The molecule has 0 amide bonds. The van der Waals surface area contributed by atoms with Gasteiger partial charge in [0, 0.05) is 12.0 Å². The minimum atomic E-state index is -3.53. The predicted molar refractivity (Wildman–Crippen MR) is 101 cm³/mol. The van der Waals surface area contributed by atoms with Gasteiger partial charge in [-0.05, 0) is 24.6 Å². The largest absolute Gasteiger partial charge is 0.253 e. The number of nitrogens with zero attached hydrogens (tertiary/aromatic N) is 4. The monoisotopic (exact) mass is 366 g/mol. The Bertz CT molecular complexity index is 1130. The molecule has 0 fully saturated rings. The summed E-state index contributed by atoms with van der Waals surface area (Å²) in [4.78, 5) is 9.05. The van der Waals surface area contributed by atoms with Gasteiger partial charge in [0.05, 0.1) is 34.9 Å². The standard InChI is InChI=1S/C19H18N4O2S/c1-13-7-3-4-8-14(13)17-11-19(23(22-17)26(2,24)25)18-12-20-15-9-5-6-10-16(15)21-18/h3-10,12,19H,11H2,1-2H3/t19-/m0/s1. The summed E-state index contributed by atoms with van der Waals surface area (Å²) in [6.07, 6.45) is 3.27. The summed E-state index contributed by atoms with van der Waals surface area (Å²) in [5.41, 5.74) is 4.88. The van der Waals surface area contributed by atoms with Crippen LogP contribution in [0.5, 0.6) is 0 Å². The van der Waals surface area contributed by atoms with Crippen LogP contribution in [-0.4, -0.2) is 34.8 Å². The molecule has 0 saturated carbocycles. The maximum absolute atomic E-state index is 12.3. The fourth-order valence-corrected chi connectivity index (χ4v) is 4.10. The number of hydrogen-bond acceptors (Lipinski definition) is 5. The van der Waals surface area contributed by atoms with Crippen molar-refractivity contribution in [2.45, 2.75) is 19.4 Å². The van der Waals surface area contributed by atoms with Crippen LogP contribution in [0.1, 0.15) is 29.3 Å². The molecule has 1 aliphatic rings. The number of aromatic nitrogens is 2. The average Bonchev–Trinajstić information content (AvgIpc) is 3.07. The Morgan fingerprint density at radius 2 is 1.73 bits per heavy atom. The number of benzene rings is 2. The number of para-hydroxylation sites is 2. The van der Waals surface area contributed by atoms with E-state index in [1.54, 1.807) is 6.20 Å². The van der Waals surface area contributed by atoms with Crippen molar-refractivity contribution in [3.05, 3.63) is 71.5 Å². The summed E-state index contributed by atoms with van der Waals surface area (Å²) < 4.78 is 25.8. The Balaban J connectivity index is 1.79. The highest BCUT2D eigenvalue weighted by molar-refractivity contribution is 7.88. The topological polar surface area (TPSA) is 75.5 Å². The Hall–Kier alpha value is -2.80. The zero-order chi connectivity index (χ0) is 18.3. The second-order valence-corrected chi connectivity index (χ2v) is 8.24. The lowest BCUT2D eigenvalue weighted by Crippen LogP contribution is -2.26. The predicted octanol–water partition coefficient (Wildman–Crippen LogP) is 3.05. The fourth-order valence-electron chi connectivity index (χ4n) is 3.21. The van der Waals surface area contributed by atoms with Crippen LogP contribution in [0.15, 0.2) is 59.8 Å². The summed E-state index contributed by atoms with van der Waals surface area (Å²) in [7, 11) is -3.53. The van der Waals surface area contributed by atoms with E-state index in [1.165, 1.54) is 6.26 Å². The third-order valence-corrected chi connectivity index (χ3v) is 5.49. The van der Waals surface area contributed by atoms with Crippen molar-refractivity contribution in [3.63, 3.8) is 0 Å². The van der Waals surface area contributed by atoms with Crippen LogP contribution in [0.25, 0.3) is 11.0 Å². The molecule has 26 heavy (non-hydrogen) atoms. The van der Waals surface area contributed by atoms with E-state index >= 15 is 0 Å². The van der Waals surface area contributed by atoms with E-state index in [9.17, 15) is 8.42 Å². The van der Waals surface area contributed by atoms with Crippen molar-refractivity contribution in [1.82, 2.24) is 14.4 Å². The highest BCUT2D eigenvalue weighted by Crippen LogP contribution is 2.34. The first-order chi connectivity index (χ1) is 12.4. The van der Waals surface area contributed by atoms with E-state index in [0.29, 0.717) is 12.1 Å². The molecule has 6 nitrogen and oxygen atoms in total. The molecule has 2 aromatic carbocycles. The number of sulfonamides is 1. The first kappa shape index (κ1) is 16.7. The van der Waals surface area contributed by atoms with Gasteiger partial charge in [0.1, 0.15) is 6.04 Å². The molecule has 4 rings (SSSR count). The van der Waals surface area contributed by atoms with Crippen LogP contribution < -0.4 is 0 Å². The molecule has 0 radical (unpaired) electrons. The van der Waals surface area contributed by atoms with Gasteiger partial charge < -0.3 is 0 Å². The van der Waals surface area contributed by atoms with E-state index in [0.717, 1.165) is 32.3 Å². The molecule has 0 saturated heterocycles. The Morgan fingerprint density at radius 3 is 2.46 bits per heavy atom. The van der Waals surface area contributed by atoms with Gasteiger partial charge in [-0.1, -0.05) is 36.4 Å². The second-order valence-electron chi connectivity index (χ2n) is 6.40. The molecule has 7 heteroatoms. The number of hydrogen-bond donors (Lipinski definition) is 0. The molecule has 0 bridgehead atoms. The first-order valence-corrected chi connectivity index (χ1v) is 10.1. The van der Waals surface area contributed by atoms with E-state index < -0.39 is 16.1 Å². The lowest BCUT2D eigenvalue weighted by atomic mass is 9.99. The normalized spacial score (nSPS) is 17.5. The van der Waals surface area contributed by atoms with E-state index in [2.05, 4.69) is 15.1 Å². The van der Waals surface area contributed by atoms with Crippen LogP contribution in [0.2, 0.25) is 0 Å². The van der Waals surface area contributed by atoms with E-state index in [-0.39, 0.29) is 0 Å². The molecule has 132 valence electrons. The van der Waals surface area contributed by atoms with Gasteiger partial charge >= 0.3 is 0 Å². The van der Waals surface area contributed by atoms with Crippen LogP contribution in [0, 0.1) is 6.92 Å². The van der Waals surface area contributed by atoms with Crippen molar-refractivity contribution in [2.24, 2.45) is 5.10 Å². The Labute approximate surface area is 152 Å². The molecular formula is C19H18N4O2S. The quantitative estimate of drug-likeness (QED) is 0.714. The van der Waals surface area contributed by atoms with Gasteiger partial charge in [-0.25, -0.2) is 13.4 Å². The Morgan fingerprint density at radius 1 is 1.04 bits per heavy atom. The van der Waals surface area contributed by atoms with Crippen molar-refractivity contribution in [3.8, 4) is 0 Å². The maximum atomic E-state index is 12.3. The van der Waals surface area contributed by atoms with Gasteiger partial charge in [0.25, 0.3) is 0 Å². The average molecular weight is 366 g/mol. The molecule has 1 aliphatic heterocycles. The van der Waals surface area contributed by atoms with Crippen LogP contribution in [-0.2, 0) is 10.0 Å². The molecule has 0 spiro atoms. The van der Waals surface area contributed by atoms with Gasteiger partial charge in [-0.15, -0.1) is 0 Å². The molecule has 1 atom stereocenters. The molecule has 3 aromatic rings. The number of rotatable bonds is 3. The number of aryl methyl sites for hydroxylation is 1. The lowest BCUT2D eigenvalue weighted by molar-refractivity contribution is 0.368. The van der Waals surface area contributed by atoms with Gasteiger partial charge in [0.2, 0.25) is 10.0 Å². The number of hydrazone groups is 1. The van der Waals surface area contributed by atoms with Crippen molar-refractivity contribution >= 4 is 26.8 Å². The summed E-state index contributed by atoms with van der Waals surface area (Å²) in [6.45, 7) is 1.99. The zero-order valence-corrected chi connectivity index (χ0v) is 15.3. The highest BCUT2D eigenvalue weighted by Gasteiger charge is 2.36. The summed E-state index contributed by atoms with van der Waals surface area (Å²) in [5.74, 6) is 0. The second kappa shape index (κ2) is 6.17. The summed E-state index contributed by atoms with van der Waals surface area (Å²) in [5, 5.41) is 4.42. The van der Waals surface area contributed by atoms with Crippen molar-refractivity contribution in [1.29, 1.82) is 0 Å². The van der Waals surface area contributed by atoms with Crippen LogP contribution in [0.4, 0.5) is 0 Å². The van der Waals surface area contributed by atoms with E-state index in [1.807, 2.05) is 55.5 Å². The molecule has 0 aliphatic carbocycles. The lowest BCUT2D eigenvalue weighted by Gasteiger charge is -2.20. The molecule has 2 heterocycles. The molecule has 1 aromatic heterocycles. The van der Waals surface area contributed by atoms with Gasteiger partial charge in [-0.3, -0.25) is 4.98 Å². The zero-order valence-electron chi connectivity index (χ0n) is 14.5. The highest BCUT2D eigenvalue weighted by atomic mass is 32.2. The summed E-state index contributed by atoms with van der Waals surface area (Å²) in [6, 6.07) is 14.9. The molecule has 0 N–H and O–H groups in total. The van der Waals surface area contributed by atoms with E-state index in [4.69, 9.17) is 0 Å². The smallest absolute Gasteiger partial charge is 0.247 e. The third-order valence-electron chi connectivity index (χ3n) is 4.48. The minimum Gasteiger partial charge on any atom is -0.253 e. The molecular weight excluding hydrogens is 348 g/mol. The van der Waals surface area contributed by atoms with Crippen LogP contribution in [0.3, 0.4) is 0 Å².